The first-order valence-electron chi connectivity index (χ1n) is 8.87. The molecule has 0 saturated heterocycles. The summed E-state index contributed by atoms with van der Waals surface area (Å²) in [5.41, 5.74) is 0.516. The minimum absolute atomic E-state index is 0.0620. The van der Waals surface area contributed by atoms with Crippen LogP contribution in [0.4, 0.5) is 18.9 Å². The van der Waals surface area contributed by atoms with E-state index in [1.165, 1.54) is 47.2 Å². The number of hydrogen-bond acceptors (Lipinski definition) is 5. The van der Waals surface area contributed by atoms with Crippen LogP contribution in [0.1, 0.15) is 27.6 Å². The minimum Gasteiger partial charge on any atom is -0.316 e. The Morgan fingerprint density at radius 2 is 1.83 bits per heavy atom. The molecule has 0 unspecified atom stereocenters. The summed E-state index contributed by atoms with van der Waals surface area (Å²) in [6.45, 7) is 3.41. The van der Waals surface area contributed by atoms with Crippen molar-refractivity contribution >= 4 is 17.2 Å². The number of carbonyl (C=O) groups excluding carboxylic acids is 1. The van der Waals surface area contributed by atoms with Gasteiger partial charge in [0.25, 0.3) is 5.91 Å². The maximum atomic E-state index is 13.4. The van der Waals surface area contributed by atoms with Crippen molar-refractivity contribution in [3.8, 4) is 11.3 Å². The molecule has 7 nitrogen and oxygen atoms in total. The topological polar surface area (TPSA) is 85.1 Å². The first-order chi connectivity index (χ1) is 14.2. The van der Waals surface area contributed by atoms with Crippen LogP contribution in [-0.4, -0.2) is 30.5 Å². The molecule has 152 valence electrons. The predicted octanol–water partition coefficient (Wildman–Crippen LogP) is 4.07. The van der Waals surface area contributed by atoms with Crippen LogP contribution in [0.3, 0.4) is 0 Å². The number of carbonyl (C=O) groups is 1. The van der Waals surface area contributed by atoms with E-state index >= 15 is 0 Å². The van der Waals surface area contributed by atoms with Gasteiger partial charge in [-0.2, -0.15) is 18.3 Å². The molecule has 3 aromatic heterocycles. The molecule has 4 rings (SSSR count). The summed E-state index contributed by atoms with van der Waals surface area (Å²) < 4.78 is 41.5. The van der Waals surface area contributed by atoms with E-state index < -0.39 is 17.6 Å². The highest BCUT2D eigenvalue weighted by Crippen LogP contribution is 2.36. The van der Waals surface area contributed by atoms with Crippen molar-refractivity contribution < 1.29 is 18.0 Å². The lowest BCUT2D eigenvalue weighted by Gasteiger charge is -2.12. The summed E-state index contributed by atoms with van der Waals surface area (Å²) in [6.07, 6.45) is -1.66. The Morgan fingerprint density at radius 1 is 1.07 bits per heavy atom. The molecule has 1 aromatic carbocycles. The van der Waals surface area contributed by atoms with E-state index in [1.807, 2.05) is 0 Å². The number of nitrogens with zero attached hydrogens (tertiary/aromatic N) is 5. The Morgan fingerprint density at radius 3 is 2.57 bits per heavy atom. The molecular weight excluding hydrogens is 397 g/mol. The molecule has 30 heavy (non-hydrogen) atoms. The summed E-state index contributed by atoms with van der Waals surface area (Å²) >= 11 is 0. The standard InChI is InChI=1S/C20H15F3N6O/c1-11-9-16(26-12(2)25-11)19(30)28-17-10-24-29-8-7-15(27-18(17)29)13-5-3-4-6-14(13)20(21,22)23/h3-10H,1-2H3,(H,28,30). The van der Waals surface area contributed by atoms with Crippen molar-refractivity contribution in [3.63, 3.8) is 0 Å². The van der Waals surface area contributed by atoms with Gasteiger partial charge in [0.1, 0.15) is 17.2 Å². The highest BCUT2D eigenvalue weighted by Gasteiger charge is 2.33. The maximum Gasteiger partial charge on any atom is 0.417 e. The predicted molar refractivity (Wildman–Crippen MR) is 103 cm³/mol. The second-order valence-corrected chi connectivity index (χ2v) is 6.58. The van der Waals surface area contributed by atoms with Crippen molar-refractivity contribution in [1.29, 1.82) is 0 Å². The van der Waals surface area contributed by atoms with E-state index in [4.69, 9.17) is 0 Å². The number of halogens is 3. The van der Waals surface area contributed by atoms with Crippen LogP contribution in [-0.2, 0) is 6.18 Å². The largest absolute Gasteiger partial charge is 0.417 e. The molecule has 1 amide bonds. The fourth-order valence-corrected chi connectivity index (χ4v) is 3.08. The number of nitrogens with one attached hydrogen (secondary N) is 1. The van der Waals surface area contributed by atoms with Gasteiger partial charge < -0.3 is 5.32 Å². The molecule has 0 aliphatic rings. The number of aromatic nitrogens is 5. The highest BCUT2D eigenvalue weighted by molar-refractivity contribution is 6.04. The number of benzene rings is 1. The molecule has 1 N–H and O–H groups in total. The summed E-state index contributed by atoms with van der Waals surface area (Å²) in [7, 11) is 0. The Balaban J connectivity index is 1.74. The van der Waals surface area contributed by atoms with Gasteiger partial charge in [0, 0.05) is 17.5 Å². The van der Waals surface area contributed by atoms with E-state index in [-0.39, 0.29) is 28.3 Å². The van der Waals surface area contributed by atoms with E-state index in [0.717, 1.165) is 6.07 Å². The Kier molecular flexibility index (Phi) is 4.69. The quantitative estimate of drug-likeness (QED) is 0.548. The monoisotopic (exact) mass is 412 g/mol. The molecular formula is C20H15F3N6O. The normalized spacial score (nSPS) is 11.6. The number of rotatable bonds is 3. The van der Waals surface area contributed by atoms with E-state index in [0.29, 0.717) is 11.5 Å². The zero-order valence-corrected chi connectivity index (χ0v) is 15.9. The smallest absolute Gasteiger partial charge is 0.316 e. The van der Waals surface area contributed by atoms with Crippen LogP contribution < -0.4 is 5.32 Å². The number of amides is 1. The first kappa shape index (κ1) is 19.5. The van der Waals surface area contributed by atoms with Gasteiger partial charge in [-0.3, -0.25) is 4.79 Å². The van der Waals surface area contributed by atoms with Crippen LogP contribution in [0, 0.1) is 13.8 Å². The molecule has 3 heterocycles. The van der Waals surface area contributed by atoms with Gasteiger partial charge in [0.2, 0.25) is 0 Å². The number of alkyl halides is 3. The Bertz CT molecular complexity index is 1240. The van der Waals surface area contributed by atoms with Crippen LogP contribution in [0.15, 0.2) is 48.8 Å². The van der Waals surface area contributed by atoms with Gasteiger partial charge in [-0.1, -0.05) is 18.2 Å². The molecule has 0 bridgehead atoms. The average Bonchev–Trinajstić information content (AvgIpc) is 3.08. The van der Waals surface area contributed by atoms with Crippen LogP contribution in [0.25, 0.3) is 16.9 Å². The van der Waals surface area contributed by atoms with Gasteiger partial charge in [0.15, 0.2) is 5.65 Å². The summed E-state index contributed by atoms with van der Waals surface area (Å²) in [6, 6.07) is 8.15. The molecule has 0 saturated carbocycles. The fourth-order valence-electron chi connectivity index (χ4n) is 3.08. The number of hydrogen-bond donors (Lipinski definition) is 1. The van der Waals surface area contributed by atoms with Crippen molar-refractivity contribution in [1.82, 2.24) is 24.6 Å². The fraction of sp³-hybridized carbons (Fsp3) is 0.150. The Hall–Kier alpha value is -3.82. The van der Waals surface area contributed by atoms with E-state index in [2.05, 4.69) is 25.4 Å². The SMILES string of the molecule is Cc1cc(C(=O)Nc2cnn3ccc(-c4ccccc4C(F)(F)F)nc23)nc(C)n1. The molecule has 0 radical (unpaired) electrons. The third-order valence-corrected chi connectivity index (χ3v) is 4.32. The zero-order chi connectivity index (χ0) is 21.5. The summed E-state index contributed by atoms with van der Waals surface area (Å²) in [5.74, 6) is -0.0504. The Labute approximate surface area is 168 Å². The summed E-state index contributed by atoms with van der Waals surface area (Å²) in [4.78, 5) is 25.1. The number of fused-ring (bicyclic) bond motifs is 1. The zero-order valence-electron chi connectivity index (χ0n) is 15.9. The van der Waals surface area contributed by atoms with Crippen molar-refractivity contribution in [2.24, 2.45) is 0 Å². The molecule has 0 aliphatic carbocycles. The van der Waals surface area contributed by atoms with Crippen LogP contribution in [0.5, 0.6) is 0 Å². The lowest BCUT2D eigenvalue weighted by Crippen LogP contribution is -2.15. The van der Waals surface area contributed by atoms with Crippen molar-refractivity contribution in [2.45, 2.75) is 20.0 Å². The van der Waals surface area contributed by atoms with Gasteiger partial charge in [-0.25, -0.2) is 19.5 Å². The van der Waals surface area contributed by atoms with Crippen molar-refractivity contribution in [3.05, 3.63) is 71.6 Å². The van der Waals surface area contributed by atoms with Crippen LogP contribution >= 0.6 is 0 Å². The molecule has 0 fully saturated rings. The molecule has 4 aromatic rings. The van der Waals surface area contributed by atoms with Gasteiger partial charge in [-0.05, 0) is 32.0 Å². The van der Waals surface area contributed by atoms with Crippen molar-refractivity contribution in [2.75, 3.05) is 5.32 Å². The summed E-state index contributed by atoms with van der Waals surface area (Å²) in [5, 5.41) is 6.75. The second-order valence-electron chi connectivity index (χ2n) is 6.58. The third-order valence-electron chi connectivity index (χ3n) is 4.32. The third kappa shape index (κ3) is 3.71. The maximum absolute atomic E-state index is 13.4. The lowest BCUT2D eigenvalue weighted by atomic mass is 10.0. The molecule has 0 aliphatic heterocycles. The van der Waals surface area contributed by atoms with Gasteiger partial charge >= 0.3 is 6.18 Å². The van der Waals surface area contributed by atoms with E-state index in [9.17, 15) is 18.0 Å². The molecule has 0 atom stereocenters. The average molecular weight is 412 g/mol. The molecule has 10 heteroatoms. The second kappa shape index (κ2) is 7.21. The van der Waals surface area contributed by atoms with Gasteiger partial charge in [0.05, 0.1) is 17.5 Å². The molecule has 0 spiro atoms. The van der Waals surface area contributed by atoms with Gasteiger partial charge in [-0.15, -0.1) is 0 Å². The highest BCUT2D eigenvalue weighted by atomic mass is 19.4. The number of anilines is 1. The van der Waals surface area contributed by atoms with Crippen LogP contribution in [0.2, 0.25) is 0 Å². The number of aryl methyl sites for hydroxylation is 2. The first-order valence-corrected chi connectivity index (χ1v) is 8.87. The van der Waals surface area contributed by atoms with E-state index in [1.54, 1.807) is 13.8 Å². The lowest BCUT2D eigenvalue weighted by molar-refractivity contribution is -0.137. The minimum atomic E-state index is -4.52.